The number of nitrogens with zero attached hydrogens (tertiary/aromatic N) is 2. The Labute approximate surface area is 166 Å². The highest BCUT2D eigenvalue weighted by Crippen LogP contribution is 2.20. The summed E-state index contributed by atoms with van der Waals surface area (Å²) >= 11 is 0. The quantitative estimate of drug-likeness (QED) is 0.493. The molecule has 29 heavy (non-hydrogen) atoms. The van der Waals surface area contributed by atoms with Crippen LogP contribution in [0, 0.1) is 0 Å². The van der Waals surface area contributed by atoms with Gasteiger partial charge in [0.2, 0.25) is 5.56 Å². The van der Waals surface area contributed by atoms with Crippen molar-refractivity contribution in [2.45, 2.75) is 5.75 Å². The number of anilines is 3. The van der Waals surface area contributed by atoms with E-state index in [4.69, 9.17) is 5.73 Å². The topological polar surface area (TPSA) is 160 Å². The second-order valence-corrected chi connectivity index (χ2v) is 8.42. The van der Waals surface area contributed by atoms with Crippen LogP contribution in [-0.2, 0) is 15.6 Å². The Bertz CT molecular complexity index is 1210. The van der Waals surface area contributed by atoms with Crippen LogP contribution in [0.25, 0.3) is 11.4 Å². The lowest BCUT2D eigenvalue weighted by molar-refractivity contribution is 0.262. The fraction of sp³-hybridized carbons (Fsp3) is 0.111. The number of aromatic nitrogens is 3. The van der Waals surface area contributed by atoms with E-state index in [-0.39, 0.29) is 23.0 Å². The van der Waals surface area contributed by atoms with Crippen LogP contribution in [0.3, 0.4) is 0 Å². The number of amides is 2. The Hall–Kier alpha value is -3.73. The smallest absolute Gasteiger partial charge is 0.323 e. The molecule has 10 nitrogen and oxygen atoms in total. The number of rotatable bonds is 5. The summed E-state index contributed by atoms with van der Waals surface area (Å²) in [5, 5.41) is 5.18. The summed E-state index contributed by atoms with van der Waals surface area (Å²) in [5.41, 5.74) is 7.19. The summed E-state index contributed by atoms with van der Waals surface area (Å²) in [5.74, 6) is 0.200. The van der Waals surface area contributed by atoms with Crippen LogP contribution >= 0.6 is 0 Å². The third-order valence-corrected chi connectivity index (χ3v) is 4.46. The van der Waals surface area contributed by atoms with Crippen LogP contribution in [0.15, 0.2) is 53.5 Å². The molecule has 0 spiro atoms. The van der Waals surface area contributed by atoms with Gasteiger partial charge in [0.25, 0.3) is 0 Å². The molecule has 0 aliphatic carbocycles. The SMILES string of the molecule is CS(=O)(=O)Cc1cc(N)nc(-c2ccc(NC(=O)Nc3cc[nH]c(=O)c3)cc2)n1. The molecule has 0 saturated carbocycles. The Morgan fingerprint density at radius 3 is 2.41 bits per heavy atom. The summed E-state index contributed by atoms with van der Waals surface area (Å²) in [7, 11) is -3.26. The van der Waals surface area contributed by atoms with E-state index in [0.717, 1.165) is 6.26 Å². The van der Waals surface area contributed by atoms with Crippen molar-refractivity contribution in [2.75, 3.05) is 22.6 Å². The predicted octanol–water partition coefficient (Wildman–Crippen LogP) is 1.60. The van der Waals surface area contributed by atoms with Crippen molar-refractivity contribution >= 4 is 33.1 Å². The Balaban J connectivity index is 1.73. The van der Waals surface area contributed by atoms with Crippen LogP contribution in [0.4, 0.5) is 22.0 Å². The number of nitrogen functional groups attached to an aromatic ring is 1. The molecule has 0 aliphatic heterocycles. The number of hydrogen-bond acceptors (Lipinski definition) is 7. The highest BCUT2D eigenvalue weighted by atomic mass is 32.2. The first-order valence-corrected chi connectivity index (χ1v) is 10.4. The number of pyridine rings is 1. The molecule has 0 unspecified atom stereocenters. The van der Waals surface area contributed by atoms with Crippen molar-refractivity contribution in [2.24, 2.45) is 0 Å². The van der Waals surface area contributed by atoms with Gasteiger partial charge in [0.15, 0.2) is 15.7 Å². The second kappa shape index (κ2) is 8.10. The van der Waals surface area contributed by atoms with Crippen molar-refractivity contribution in [3.63, 3.8) is 0 Å². The van der Waals surface area contributed by atoms with Crippen LogP contribution in [-0.4, -0.2) is 35.7 Å². The molecule has 5 N–H and O–H groups in total. The first-order valence-electron chi connectivity index (χ1n) is 8.36. The van der Waals surface area contributed by atoms with E-state index in [9.17, 15) is 18.0 Å². The van der Waals surface area contributed by atoms with E-state index in [1.807, 2.05) is 0 Å². The zero-order valence-electron chi connectivity index (χ0n) is 15.3. The third kappa shape index (κ3) is 5.87. The fourth-order valence-electron chi connectivity index (χ4n) is 2.51. The maximum absolute atomic E-state index is 12.0. The van der Waals surface area contributed by atoms with Gasteiger partial charge < -0.3 is 21.4 Å². The highest BCUT2D eigenvalue weighted by molar-refractivity contribution is 7.89. The zero-order valence-corrected chi connectivity index (χ0v) is 16.2. The first-order chi connectivity index (χ1) is 13.7. The van der Waals surface area contributed by atoms with Crippen molar-refractivity contribution in [1.82, 2.24) is 15.0 Å². The van der Waals surface area contributed by atoms with Gasteiger partial charge in [-0.1, -0.05) is 0 Å². The van der Waals surface area contributed by atoms with Gasteiger partial charge in [-0.2, -0.15) is 0 Å². The molecule has 11 heteroatoms. The van der Waals surface area contributed by atoms with Crippen LogP contribution in [0.1, 0.15) is 5.69 Å². The molecule has 2 aromatic heterocycles. The molecule has 2 amide bonds. The monoisotopic (exact) mass is 414 g/mol. The molecule has 1 aromatic carbocycles. The minimum atomic E-state index is -3.26. The van der Waals surface area contributed by atoms with E-state index < -0.39 is 15.9 Å². The van der Waals surface area contributed by atoms with Gasteiger partial charge in [0, 0.05) is 41.5 Å². The van der Waals surface area contributed by atoms with Crippen molar-refractivity contribution in [3.05, 3.63) is 64.7 Å². The van der Waals surface area contributed by atoms with E-state index in [1.165, 1.54) is 18.3 Å². The fourth-order valence-corrected chi connectivity index (χ4v) is 3.19. The normalized spacial score (nSPS) is 11.1. The lowest BCUT2D eigenvalue weighted by Gasteiger charge is -2.09. The third-order valence-electron chi connectivity index (χ3n) is 3.64. The van der Waals surface area contributed by atoms with Gasteiger partial charge in [-0.25, -0.2) is 23.2 Å². The van der Waals surface area contributed by atoms with Crippen molar-refractivity contribution in [3.8, 4) is 11.4 Å². The summed E-state index contributed by atoms with van der Waals surface area (Å²) in [6.07, 6.45) is 2.54. The number of nitrogens with two attached hydrogens (primary N) is 1. The van der Waals surface area contributed by atoms with Crippen LogP contribution < -0.4 is 21.9 Å². The first kappa shape index (κ1) is 20.0. The summed E-state index contributed by atoms with van der Waals surface area (Å²) in [6.45, 7) is 0. The van der Waals surface area contributed by atoms with Gasteiger partial charge in [-0.05, 0) is 30.3 Å². The van der Waals surface area contributed by atoms with E-state index in [2.05, 4.69) is 25.6 Å². The van der Waals surface area contributed by atoms with Gasteiger partial charge in [-0.3, -0.25) is 4.79 Å². The molecule has 0 bridgehead atoms. The molecule has 2 heterocycles. The lowest BCUT2D eigenvalue weighted by Crippen LogP contribution is -2.20. The number of carbonyl (C=O) groups excluding carboxylic acids is 1. The number of nitrogens with one attached hydrogen (secondary N) is 3. The molecule has 3 aromatic rings. The number of H-pyrrole nitrogens is 1. The van der Waals surface area contributed by atoms with Crippen molar-refractivity contribution in [1.29, 1.82) is 0 Å². The molecule has 0 saturated heterocycles. The summed E-state index contributed by atoms with van der Waals surface area (Å²) in [6, 6.07) is 10.3. The minimum absolute atomic E-state index is 0.160. The molecule has 0 fully saturated rings. The number of sulfone groups is 1. The average molecular weight is 414 g/mol. The maximum Gasteiger partial charge on any atom is 0.323 e. The standard InChI is InChI=1S/C18H18N6O4S/c1-29(27,28)10-14-8-15(19)24-17(21-14)11-2-4-12(5-3-11)22-18(26)23-13-6-7-20-16(25)9-13/h2-9H,10H2,1H3,(H2,19,21,24)(H3,20,22,23,25,26). The molecule has 150 valence electrons. The number of benzene rings is 1. The van der Waals surface area contributed by atoms with Gasteiger partial charge in [0.1, 0.15) is 5.82 Å². The van der Waals surface area contributed by atoms with Crippen LogP contribution in [0.2, 0.25) is 0 Å². The van der Waals surface area contributed by atoms with Crippen molar-refractivity contribution < 1.29 is 13.2 Å². The van der Waals surface area contributed by atoms with E-state index in [1.54, 1.807) is 30.3 Å². The predicted molar refractivity (Wildman–Crippen MR) is 110 cm³/mol. The van der Waals surface area contributed by atoms with Gasteiger partial charge in [-0.15, -0.1) is 0 Å². The Kier molecular flexibility index (Phi) is 5.59. The zero-order chi connectivity index (χ0) is 21.0. The highest BCUT2D eigenvalue weighted by Gasteiger charge is 2.11. The van der Waals surface area contributed by atoms with Gasteiger partial charge in [0.05, 0.1) is 11.4 Å². The van der Waals surface area contributed by atoms with Crippen LogP contribution in [0.5, 0.6) is 0 Å². The molecular formula is C18H18N6O4S. The molecular weight excluding hydrogens is 396 g/mol. The Morgan fingerprint density at radius 1 is 1.07 bits per heavy atom. The molecule has 0 radical (unpaired) electrons. The number of aromatic amines is 1. The summed E-state index contributed by atoms with van der Waals surface area (Å²) in [4.78, 5) is 34.1. The number of carbonyl (C=O) groups is 1. The Morgan fingerprint density at radius 2 is 1.76 bits per heavy atom. The maximum atomic E-state index is 12.0. The average Bonchev–Trinajstić information content (AvgIpc) is 2.60. The summed E-state index contributed by atoms with van der Waals surface area (Å²) < 4.78 is 23.0. The number of urea groups is 1. The second-order valence-electron chi connectivity index (χ2n) is 6.28. The largest absolute Gasteiger partial charge is 0.384 e. The van der Waals surface area contributed by atoms with E-state index >= 15 is 0 Å². The lowest BCUT2D eigenvalue weighted by atomic mass is 10.2. The molecule has 3 rings (SSSR count). The van der Waals surface area contributed by atoms with E-state index in [0.29, 0.717) is 22.6 Å². The van der Waals surface area contributed by atoms with Gasteiger partial charge >= 0.3 is 6.03 Å². The minimum Gasteiger partial charge on any atom is -0.384 e. The number of hydrogen-bond donors (Lipinski definition) is 4. The molecule has 0 atom stereocenters. The molecule has 0 aliphatic rings.